The second kappa shape index (κ2) is 6.26. The molecule has 21 heavy (non-hydrogen) atoms. The number of aromatic nitrogens is 1. The summed E-state index contributed by atoms with van der Waals surface area (Å²) in [5.41, 5.74) is 2.61. The van der Waals surface area contributed by atoms with Gasteiger partial charge in [-0.15, -0.1) is 0 Å². The van der Waals surface area contributed by atoms with E-state index < -0.39 is 0 Å². The maximum Gasteiger partial charge on any atom is 0.0535 e. The molecule has 1 fully saturated rings. The summed E-state index contributed by atoms with van der Waals surface area (Å²) in [4.78, 5) is 6.75. The summed E-state index contributed by atoms with van der Waals surface area (Å²) in [7, 11) is 0. The van der Waals surface area contributed by atoms with Gasteiger partial charge in [0.25, 0.3) is 0 Å². The van der Waals surface area contributed by atoms with Crippen LogP contribution in [0.1, 0.15) is 18.1 Å². The molecule has 0 bridgehead atoms. The number of nitrogens with zero attached hydrogens (tertiary/aromatic N) is 2. The fraction of sp³-hybridized carbons (Fsp3) is 0.353. The Morgan fingerprint density at radius 3 is 2.86 bits per heavy atom. The third kappa shape index (κ3) is 3.51. The average Bonchev–Trinajstić information content (AvgIpc) is 2.48. The Labute approximate surface area is 134 Å². The molecule has 1 unspecified atom stereocenters. The highest BCUT2D eigenvalue weighted by molar-refractivity contribution is 9.10. The zero-order valence-corrected chi connectivity index (χ0v) is 13.8. The van der Waals surface area contributed by atoms with Crippen molar-refractivity contribution in [1.82, 2.24) is 15.2 Å². The summed E-state index contributed by atoms with van der Waals surface area (Å²) in [5, 5.41) is 3.67. The van der Waals surface area contributed by atoms with Gasteiger partial charge in [-0.3, -0.25) is 9.88 Å². The Bertz CT molecular complexity index is 602. The predicted molar refractivity (Wildman–Crippen MR) is 89.0 cm³/mol. The quantitative estimate of drug-likeness (QED) is 0.925. The van der Waals surface area contributed by atoms with Crippen LogP contribution >= 0.6 is 15.9 Å². The second-order valence-electron chi connectivity index (χ2n) is 5.85. The van der Waals surface area contributed by atoms with Crippen molar-refractivity contribution in [2.75, 3.05) is 19.6 Å². The fourth-order valence-electron chi connectivity index (χ4n) is 3.01. The number of pyridine rings is 1. The minimum absolute atomic E-state index is 0.0128. The van der Waals surface area contributed by atoms with Gasteiger partial charge >= 0.3 is 0 Å². The maximum absolute atomic E-state index is 4.26. The molecular formula is C17H20BrN3. The Morgan fingerprint density at radius 1 is 1.29 bits per heavy atom. The van der Waals surface area contributed by atoms with Crippen molar-refractivity contribution in [3.8, 4) is 0 Å². The second-order valence-corrected chi connectivity index (χ2v) is 6.76. The van der Waals surface area contributed by atoms with Crippen molar-refractivity contribution in [1.29, 1.82) is 0 Å². The molecular weight excluding hydrogens is 326 g/mol. The molecule has 110 valence electrons. The lowest BCUT2D eigenvalue weighted by Crippen LogP contribution is -2.56. The first-order valence-electron chi connectivity index (χ1n) is 7.28. The van der Waals surface area contributed by atoms with E-state index in [1.54, 1.807) is 0 Å². The molecule has 0 amide bonds. The standard InChI is InChI=1S/C17H20BrN3/c1-17(15-5-3-2-4-6-15)13-21(8-7-20-17)12-14-9-16(18)11-19-10-14/h2-6,9-11,20H,7-8,12-13H2,1H3. The molecule has 2 aromatic rings. The van der Waals surface area contributed by atoms with E-state index in [2.05, 4.69) is 74.5 Å². The van der Waals surface area contributed by atoms with Gasteiger partial charge in [-0.2, -0.15) is 0 Å². The molecule has 1 aromatic heterocycles. The van der Waals surface area contributed by atoms with Crippen LogP contribution in [0.4, 0.5) is 0 Å². The van der Waals surface area contributed by atoms with Gasteiger partial charge in [0.15, 0.2) is 0 Å². The van der Waals surface area contributed by atoms with E-state index in [1.807, 2.05) is 12.4 Å². The fourth-order valence-corrected chi connectivity index (χ4v) is 3.42. The van der Waals surface area contributed by atoms with E-state index in [-0.39, 0.29) is 5.54 Å². The Kier molecular flexibility index (Phi) is 4.38. The lowest BCUT2D eigenvalue weighted by molar-refractivity contribution is 0.136. The van der Waals surface area contributed by atoms with Gasteiger partial charge in [0.2, 0.25) is 0 Å². The van der Waals surface area contributed by atoms with E-state index in [4.69, 9.17) is 0 Å². The van der Waals surface area contributed by atoms with E-state index in [9.17, 15) is 0 Å². The first-order chi connectivity index (χ1) is 10.2. The SMILES string of the molecule is CC1(c2ccccc2)CN(Cc2cncc(Br)c2)CCN1. The van der Waals surface area contributed by atoms with Gasteiger partial charge in [0, 0.05) is 43.0 Å². The largest absolute Gasteiger partial charge is 0.305 e. The third-order valence-corrected chi connectivity index (χ3v) is 4.50. The molecule has 1 atom stereocenters. The van der Waals surface area contributed by atoms with Crippen molar-refractivity contribution in [3.63, 3.8) is 0 Å². The van der Waals surface area contributed by atoms with Gasteiger partial charge in [-0.05, 0) is 40.0 Å². The minimum atomic E-state index is 0.0128. The number of piperazine rings is 1. The third-order valence-electron chi connectivity index (χ3n) is 4.06. The van der Waals surface area contributed by atoms with Gasteiger partial charge in [0.1, 0.15) is 0 Å². The molecule has 1 aliphatic heterocycles. The molecule has 1 aliphatic rings. The van der Waals surface area contributed by atoms with Crippen LogP contribution in [0.5, 0.6) is 0 Å². The number of nitrogens with one attached hydrogen (secondary N) is 1. The predicted octanol–water partition coefficient (Wildman–Crippen LogP) is 3.16. The molecule has 0 saturated carbocycles. The van der Waals surface area contributed by atoms with Crippen molar-refractivity contribution in [2.45, 2.75) is 19.0 Å². The molecule has 2 heterocycles. The van der Waals surface area contributed by atoms with Crippen molar-refractivity contribution in [3.05, 3.63) is 64.4 Å². The highest BCUT2D eigenvalue weighted by Crippen LogP contribution is 2.25. The van der Waals surface area contributed by atoms with E-state index >= 15 is 0 Å². The smallest absolute Gasteiger partial charge is 0.0535 e. The van der Waals surface area contributed by atoms with Crippen molar-refractivity contribution >= 4 is 15.9 Å². The first-order valence-corrected chi connectivity index (χ1v) is 8.07. The van der Waals surface area contributed by atoms with E-state index in [1.165, 1.54) is 11.1 Å². The van der Waals surface area contributed by atoms with Crippen molar-refractivity contribution < 1.29 is 0 Å². The van der Waals surface area contributed by atoms with Gasteiger partial charge in [-0.25, -0.2) is 0 Å². The summed E-state index contributed by atoms with van der Waals surface area (Å²) < 4.78 is 1.04. The number of hydrogen-bond acceptors (Lipinski definition) is 3. The molecule has 4 heteroatoms. The van der Waals surface area contributed by atoms with Crippen LogP contribution < -0.4 is 5.32 Å². The van der Waals surface area contributed by atoms with Crippen LogP contribution in [0.2, 0.25) is 0 Å². The summed E-state index contributed by atoms with van der Waals surface area (Å²) in [5.74, 6) is 0. The maximum atomic E-state index is 4.26. The monoisotopic (exact) mass is 345 g/mol. The molecule has 1 N–H and O–H groups in total. The summed E-state index contributed by atoms with van der Waals surface area (Å²) >= 11 is 3.49. The first kappa shape index (κ1) is 14.7. The van der Waals surface area contributed by atoms with Gasteiger partial charge in [0.05, 0.1) is 5.54 Å². The zero-order chi connectivity index (χ0) is 14.7. The highest BCUT2D eigenvalue weighted by atomic mass is 79.9. The summed E-state index contributed by atoms with van der Waals surface area (Å²) in [6, 6.07) is 12.8. The van der Waals surface area contributed by atoms with Gasteiger partial charge < -0.3 is 5.32 Å². The van der Waals surface area contributed by atoms with Crippen LogP contribution in [0.15, 0.2) is 53.3 Å². The number of hydrogen-bond donors (Lipinski definition) is 1. The van der Waals surface area contributed by atoms with E-state index in [0.717, 1.165) is 30.7 Å². The number of benzene rings is 1. The molecule has 0 spiro atoms. The molecule has 1 saturated heterocycles. The topological polar surface area (TPSA) is 28.2 Å². The molecule has 0 radical (unpaired) electrons. The van der Waals surface area contributed by atoms with Gasteiger partial charge in [-0.1, -0.05) is 30.3 Å². The van der Waals surface area contributed by atoms with Crippen molar-refractivity contribution in [2.24, 2.45) is 0 Å². The van der Waals surface area contributed by atoms with Crippen LogP contribution in [0, 0.1) is 0 Å². The van der Waals surface area contributed by atoms with Crippen LogP contribution in [0.3, 0.4) is 0 Å². The number of rotatable bonds is 3. The van der Waals surface area contributed by atoms with E-state index in [0.29, 0.717) is 0 Å². The average molecular weight is 346 g/mol. The summed E-state index contributed by atoms with van der Waals surface area (Å²) in [6.45, 7) is 6.30. The normalized spacial score (nSPS) is 23.1. The zero-order valence-electron chi connectivity index (χ0n) is 12.2. The molecule has 1 aromatic carbocycles. The molecule has 0 aliphatic carbocycles. The Hall–Kier alpha value is -1.23. The van der Waals surface area contributed by atoms with Crippen LogP contribution in [-0.2, 0) is 12.1 Å². The molecule has 3 rings (SSSR count). The summed E-state index contributed by atoms with van der Waals surface area (Å²) in [6.07, 6.45) is 3.78. The lowest BCUT2D eigenvalue weighted by Gasteiger charge is -2.42. The minimum Gasteiger partial charge on any atom is -0.305 e. The Morgan fingerprint density at radius 2 is 2.10 bits per heavy atom. The molecule has 3 nitrogen and oxygen atoms in total. The number of halogens is 1. The van der Waals surface area contributed by atoms with Crippen LogP contribution in [-0.4, -0.2) is 29.5 Å². The Balaban J connectivity index is 1.74. The lowest BCUT2D eigenvalue weighted by atomic mass is 9.89. The highest BCUT2D eigenvalue weighted by Gasteiger charge is 2.31. The van der Waals surface area contributed by atoms with Crippen LogP contribution in [0.25, 0.3) is 0 Å².